The van der Waals surface area contributed by atoms with Gasteiger partial charge in [0.15, 0.2) is 0 Å². The first-order valence-corrected chi connectivity index (χ1v) is 8.17. The van der Waals surface area contributed by atoms with Gasteiger partial charge in [-0.2, -0.15) is 5.10 Å². The number of aliphatic hydroxyl groups is 1. The van der Waals surface area contributed by atoms with E-state index in [2.05, 4.69) is 15.1 Å². The van der Waals surface area contributed by atoms with Gasteiger partial charge in [-0.05, 0) is 24.6 Å². The molecule has 0 unspecified atom stereocenters. The first kappa shape index (κ1) is 15.4. The first-order chi connectivity index (χ1) is 12.2. The fraction of sp³-hybridized carbons (Fsp3) is 0.158. The first-order valence-electron chi connectivity index (χ1n) is 8.17. The zero-order chi connectivity index (χ0) is 17.4. The molecule has 0 bridgehead atoms. The lowest BCUT2D eigenvalue weighted by molar-refractivity contribution is 0.270. The smallest absolute Gasteiger partial charge is 0.144 e. The fourth-order valence-electron chi connectivity index (χ4n) is 3.07. The van der Waals surface area contributed by atoms with Crippen LogP contribution >= 0.6 is 0 Å². The van der Waals surface area contributed by atoms with Crippen molar-refractivity contribution in [2.24, 2.45) is 0 Å². The molecule has 0 aliphatic carbocycles. The van der Waals surface area contributed by atoms with Crippen molar-refractivity contribution < 1.29 is 5.11 Å². The average molecular weight is 333 g/mol. The molecule has 0 radical (unpaired) electrons. The second kappa shape index (κ2) is 6.07. The summed E-state index contributed by atoms with van der Waals surface area (Å²) in [5.41, 5.74) is 11.8. The summed E-state index contributed by atoms with van der Waals surface area (Å²) in [6, 6.07) is 15.9. The van der Waals surface area contributed by atoms with Crippen LogP contribution in [0.25, 0.3) is 33.7 Å². The average Bonchev–Trinajstić information content (AvgIpc) is 3.17. The molecule has 2 heterocycles. The molecule has 6 nitrogen and oxygen atoms in total. The molecule has 25 heavy (non-hydrogen) atoms. The largest absolute Gasteiger partial charge is 0.394 e. The third-order valence-electron chi connectivity index (χ3n) is 4.33. The predicted molar refractivity (Wildman–Crippen MR) is 99.0 cm³/mol. The molecule has 0 saturated carbocycles. The number of benzene rings is 2. The lowest BCUT2D eigenvalue weighted by atomic mass is 10.0. The number of fused-ring (bicyclic) bond motifs is 1. The number of aromatic amines is 1. The topological polar surface area (TPSA) is 92.8 Å². The Hall–Kier alpha value is -3.12. The van der Waals surface area contributed by atoms with Gasteiger partial charge >= 0.3 is 0 Å². The van der Waals surface area contributed by atoms with Crippen molar-refractivity contribution in [3.8, 4) is 22.6 Å². The van der Waals surface area contributed by atoms with Crippen LogP contribution < -0.4 is 5.73 Å². The monoisotopic (exact) mass is 333 g/mol. The fourth-order valence-corrected chi connectivity index (χ4v) is 3.07. The van der Waals surface area contributed by atoms with Gasteiger partial charge in [0, 0.05) is 5.56 Å². The van der Waals surface area contributed by atoms with E-state index in [-0.39, 0.29) is 6.61 Å². The highest BCUT2D eigenvalue weighted by atomic mass is 16.3. The van der Waals surface area contributed by atoms with E-state index in [1.54, 1.807) is 4.68 Å². The second-order valence-electron chi connectivity index (χ2n) is 5.97. The number of nitrogens with one attached hydrogen (secondary N) is 1. The van der Waals surface area contributed by atoms with Gasteiger partial charge < -0.3 is 15.8 Å². The van der Waals surface area contributed by atoms with Crippen LogP contribution in [0.15, 0.2) is 48.5 Å². The van der Waals surface area contributed by atoms with E-state index < -0.39 is 0 Å². The van der Waals surface area contributed by atoms with Crippen LogP contribution in [0.1, 0.15) is 5.56 Å². The highest BCUT2D eigenvalue weighted by Gasteiger charge is 2.22. The molecule has 0 spiro atoms. The summed E-state index contributed by atoms with van der Waals surface area (Å²) in [5.74, 6) is 1.17. The van der Waals surface area contributed by atoms with Crippen molar-refractivity contribution in [2.45, 2.75) is 13.5 Å². The molecule has 0 saturated heterocycles. The minimum absolute atomic E-state index is 0.0291. The van der Waals surface area contributed by atoms with Crippen LogP contribution in [-0.2, 0) is 6.54 Å². The molecule has 126 valence electrons. The van der Waals surface area contributed by atoms with Gasteiger partial charge in [-0.15, -0.1) is 0 Å². The molecule has 4 aromatic rings. The van der Waals surface area contributed by atoms with Crippen molar-refractivity contribution in [1.29, 1.82) is 0 Å². The van der Waals surface area contributed by atoms with Crippen molar-refractivity contribution in [1.82, 2.24) is 19.7 Å². The highest BCUT2D eigenvalue weighted by molar-refractivity contribution is 5.89. The van der Waals surface area contributed by atoms with Crippen molar-refractivity contribution in [2.75, 3.05) is 12.3 Å². The van der Waals surface area contributed by atoms with E-state index in [1.165, 1.54) is 0 Å². The number of H-pyrrole nitrogens is 1. The van der Waals surface area contributed by atoms with Gasteiger partial charge in [-0.1, -0.05) is 36.4 Å². The number of aromatic nitrogens is 4. The lowest BCUT2D eigenvalue weighted by Crippen LogP contribution is -2.07. The van der Waals surface area contributed by atoms with Crippen LogP contribution in [-0.4, -0.2) is 31.5 Å². The third-order valence-corrected chi connectivity index (χ3v) is 4.33. The van der Waals surface area contributed by atoms with Crippen LogP contribution in [0.2, 0.25) is 0 Å². The van der Waals surface area contributed by atoms with E-state index in [4.69, 9.17) is 5.73 Å². The van der Waals surface area contributed by atoms with Crippen molar-refractivity contribution in [3.63, 3.8) is 0 Å². The minimum atomic E-state index is -0.0291. The molecule has 0 amide bonds. The molecule has 2 aromatic heterocycles. The predicted octanol–water partition coefficient (Wildman–Crippen LogP) is 2.98. The summed E-state index contributed by atoms with van der Waals surface area (Å²) < 4.78 is 1.63. The van der Waals surface area contributed by atoms with E-state index in [0.29, 0.717) is 18.2 Å². The molecule has 2 aromatic carbocycles. The summed E-state index contributed by atoms with van der Waals surface area (Å²) >= 11 is 0. The Morgan fingerprint density at radius 1 is 1.12 bits per heavy atom. The summed E-state index contributed by atoms with van der Waals surface area (Å²) in [7, 11) is 0. The molecular formula is C19H19N5O. The molecule has 4 N–H and O–H groups in total. The number of nitrogens with two attached hydrogens (primary N) is 1. The Morgan fingerprint density at radius 2 is 1.88 bits per heavy atom. The molecule has 6 heteroatoms. The zero-order valence-electron chi connectivity index (χ0n) is 13.9. The molecule has 0 atom stereocenters. The molecule has 0 fully saturated rings. The molecule has 0 aliphatic heterocycles. The molecule has 4 rings (SSSR count). The standard InChI is InChI=1S/C19H19N5O/c1-12-6-2-3-7-13(12)17-16(18(20)24(23-17)10-11-25)19-21-14-8-4-5-9-15(14)22-19/h2-9,25H,10-11,20H2,1H3,(H,21,22). The van der Waals surface area contributed by atoms with Crippen LogP contribution in [0.3, 0.4) is 0 Å². The maximum atomic E-state index is 9.31. The number of anilines is 1. The van der Waals surface area contributed by atoms with E-state index in [0.717, 1.165) is 33.4 Å². The van der Waals surface area contributed by atoms with E-state index >= 15 is 0 Å². The van der Waals surface area contributed by atoms with Crippen LogP contribution in [0, 0.1) is 6.92 Å². The van der Waals surface area contributed by atoms with Crippen molar-refractivity contribution in [3.05, 3.63) is 54.1 Å². The number of hydrogen-bond donors (Lipinski definition) is 3. The number of nitrogen functional groups attached to an aromatic ring is 1. The van der Waals surface area contributed by atoms with Crippen LogP contribution in [0.5, 0.6) is 0 Å². The van der Waals surface area contributed by atoms with Gasteiger partial charge in [-0.25, -0.2) is 9.67 Å². The van der Waals surface area contributed by atoms with Gasteiger partial charge in [0.1, 0.15) is 17.3 Å². The van der Waals surface area contributed by atoms with Crippen LogP contribution in [0.4, 0.5) is 5.82 Å². The van der Waals surface area contributed by atoms with E-state index in [1.807, 2.05) is 55.5 Å². The van der Waals surface area contributed by atoms with E-state index in [9.17, 15) is 5.11 Å². The summed E-state index contributed by atoms with van der Waals surface area (Å²) in [4.78, 5) is 8.01. The Morgan fingerprint density at radius 3 is 2.64 bits per heavy atom. The van der Waals surface area contributed by atoms with Gasteiger partial charge in [0.2, 0.25) is 0 Å². The number of rotatable bonds is 4. The quantitative estimate of drug-likeness (QED) is 0.535. The van der Waals surface area contributed by atoms with Gasteiger partial charge in [-0.3, -0.25) is 0 Å². The Bertz CT molecular complexity index is 1010. The summed E-state index contributed by atoms with van der Waals surface area (Å²) in [6.07, 6.45) is 0. The van der Waals surface area contributed by atoms with Gasteiger partial charge in [0.05, 0.1) is 29.7 Å². The second-order valence-corrected chi connectivity index (χ2v) is 5.97. The van der Waals surface area contributed by atoms with Gasteiger partial charge in [0.25, 0.3) is 0 Å². The molecule has 0 aliphatic rings. The Labute approximate surface area is 144 Å². The number of aliphatic hydroxyl groups excluding tert-OH is 1. The number of aryl methyl sites for hydroxylation is 1. The Balaban J connectivity index is 1.98. The van der Waals surface area contributed by atoms with Crippen molar-refractivity contribution >= 4 is 16.9 Å². The highest BCUT2D eigenvalue weighted by Crippen LogP contribution is 2.36. The normalized spacial score (nSPS) is 11.3. The third kappa shape index (κ3) is 2.56. The molecular weight excluding hydrogens is 314 g/mol. The SMILES string of the molecule is Cc1ccccc1-c1nn(CCO)c(N)c1-c1nc2ccccc2[nH]1. The number of para-hydroxylation sites is 2. The number of nitrogens with zero attached hydrogens (tertiary/aromatic N) is 3. The lowest BCUT2D eigenvalue weighted by Gasteiger charge is -2.04. The Kier molecular flexibility index (Phi) is 3.74. The maximum Gasteiger partial charge on any atom is 0.144 e. The summed E-state index contributed by atoms with van der Waals surface area (Å²) in [6.45, 7) is 2.35. The maximum absolute atomic E-state index is 9.31. The minimum Gasteiger partial charge on any atom is -0.394 e. The summed E-state index contributed by atoms with van der Waals surface area (Å²) in [5, 5.41) is 14.0. The zero-order valence-corrected chi connectivity index (χ0v) is 13.9. The number of imidazole rings is 1. The number of hydrogen-bond acceptors (Lipinski definition) is 4.